The molecule has 2 aromatic rings. The Morgan fingerprint density at radius 3 is 2.81 bits per heavy atom. The molecular formula is C18H22N4O3S. The summed E-state index contributed by atoms with van der Waals surface area (Å²) in [6, 6.07) is 5.35. The number of aromatic amines is 1. The second-order valence-corrected chi connectivity index (χ2v) is 8.95. The molecular weight excluding hydrogens is 352 g/mol. The van der Waals surface area contributed by atoms with Gasteiger partial charge in [-0.1, -0.05) is 6.07 Å². The van der Waals surface area contributed by atoms with Crippen LogP contribution in [0.25, 0.3) is 0 Å². The van der Waals surface area contributed by atoms with E-state index in [2.05, 4.69) is 15.5 Å². The van der Waals surface area contributed by atoms with E-state index >= 15 is 0 Å². The van der Waals surface area contributed by atoms with Crippen LogP contribution < -0.4 is 9.62 Å². The Labute approximate surface area is 152 Å². The summed E-state index contributed by atoms with van der Waals surface area (Å²) in [6.07, 6.45) is 4.59. The van der Waals surface area contributed by atoms with E-state index in [-0.39, 0.29) is 11.7 Å². The van der Waals surface area contributed by atoms with Gasteiger partial charge in [0.15, 0.2) is 5.69 Å². The fourth-order valence-corrected chi connectivity index (χ4v) is 5.34. The quantitative estimate of drug-likeness (QED) is 0.862. The molecule has 2 heterocycles. The minimum Gasteiger partial charge on any atom is -0.321 e. The van der Waals surface area contributed by atoms with Crippen LogP contribution in [0.15, 0.2) is 18.2 Å². The highest BCUT2D eigenvalue weighted by Gasteiger charge is 2.30. The second kappa shape index (κ2) is 6.42. The molecule has 8 heteroatoms. The first-order valence-corrected chi connectivity index (χ1v) is 10.6. The van der Waals surface area contributed by atoms with E-state index in [0.29, 0.717) is 30.0 Å². The van der Waals surface area contributed by atoms with E-state index < -0.39 is 10.0 Å². The van der Waals surface area contributed by atoms with Gasteiger partial charge in [0.1, 0.15) is 0 Å². The number of carbonyl (C=O) groups excluding carboxylic acids is 1. The molecule has 1 fully saturated rings. The molecule has 4 rings (SSSR count). The molecule has 2 N–H and O–H groups in total. The molecule has 1 amide bonds. The van der Waals surface area contributed by atoms with E-state index in [4.69, 9.17) is 0 Å². The normalized spacial score (nSPS) is 18.6. The Bertz CT molecular complexity index is 965. The summed E-state index contributed by atoms with van der Waals surface area (Å²) < 4.78 is 25.9. The molecule has 0 atom stereocenters. The Balaban J connectivity index is 1.60. The summed E-state index contributed by atoms with van der Waals surface area (Å²) in [5.74, 6) is -0.0916. The molecule has 0 bridgehead atoms. The summed E-state index contributed by atoms with van der Waals surface area (Å²) in [6.45, 7) is 2.35. The van der Waals surface area contributed by atoms with Gasteiger partial charge in [0, 0.05) is 23.5 Å². The number of carbonyl (C=O) groups is 1. The molecule has 0 unspecified atom stereocenters. The third-order valence-corrected chi connectivity index (χ3v) is 6.96. The molecule has 1 aromatic heterocycles. The van der Waals surface area contributed by atoms with Crippen LogP contribution in [0.2, 0.25) is 0 Å². The van der Waals surface area contributed by atoms with Crippen molar-refractivity contribution in [2.24, 2.45) is 0 Å². The van der Waals surface area contributed by atoms with Crippen molar-refractivity contribution in [1.82, 2.24) is 10.2 Å². The lowest BCUT2D eigenvalue weighted by molar-refractivity contribution is 0.102. The number of hydrogen-bond donors (Lipinski definition) is 2. The third-order valence-electron chi connectivity index (χ3n) is 5.11. The van der Waals surface area contributed by atoms with E-state index in [1.165, 1.54) is 4.31 Å². The van der Waals surface area contributed by atoms with Crippen molar-refractivity contribution in [3.8, 4) is 0 Å². The van der Waals surface area contributed by atoms with Gasteiger partial charge in [-0.15, -0.1) is 0 Å². The molecule has 1 aliphatic carbocycles. The maximum Gasteiger partial charge on any atom is 0.276 e. The van der Waals surface area contributed by atoms with Gasteiger partial charge >= 0.3 is 0 Å². The number of hydrogen-bond acceptors (Lipinski definition) is 4. The van der Waals surface area contributed by atoms with Crippen molar-refractivity contribution in [2.75, 3.05) is 21.9 Å². The monoisotopic (exact) mass is 374 g/mol. The molecule has 0 spiro atoms. The van der Waals surface area contributed by atoms with Crippen LogP contribution in [0, 0.1) is 6.92 Å². The zero-order chi connectivity index (χ0) is 18.3. The van der Waals surface area contributed by atoms with Crippen LogP contribution in [-0.2, 0) is 22.9 Å². The Kier molecular flexibility index (Phi) is 4.22. The van der Waals surface area contributed by atoms with E-state index in [9.17, 15) is 13.2 Å². The predicted molar refractivity (Wildman–Crippen MR) is 100 cm³/mol. The van der Waals surface area contributed by atoms with Gasteiger partial charge in [-0.25, -0.2) is 8.42 Å². The van der Waals surface area contributed by atoms with Crippen LogP contribution in [-0.4, -0.2) is 36.8 Å². The number of rotatable bonds is 3. The average Bonchev–Trinajstić information content (AvgIpc) is 3.19. The number of aromatic nitrogens is 2. The predicted octanol–water partition coefficient (Wildman–Crippen LogP) is 2.39. The third kappa shape index (κ3) is 2.98. The molecule has 138 valence electrons. The highest BCUT2D eigenvalue weighted by Crippen LogP contribution is 2.30. The number of fused-ring (bicyclic) bond motifs is 1. The molecule has 1 saturated heterocycles. The van der Waals surface area contributed by atoms with Crippen molar-refractivity contribution >= 4 is 27.3 Å². The second-order valence-electron chi connectivity index (χ2n) is 6.93. The first-order valence-electron chi connectivity index (χ1n) is 8.94. The fourth-order valence-electron chi connectivity index (χ4n) is 3.72. The van der Waals surface area contributed by atoms with Gasteiger partial charge in [0.25, 0.3) is 5.91 Å². The topological polar surface area (TPSA) is 95.2 Å². The number of sulfonamides is 1. The maximum absolute atomic E-state index is 12.7. The summed E-state index contributed by atoms with van der Waals surface area (Å²) in [5, 5.41) is 10.0. The van der Waals surface area contributed by atoms with Crippen LogP contribution in [0.4, 0.5) is 11.4 Å². The minimum absolute atomic E-state index is 0.169. The largest absolute Gasteiger partial charge is 0.321 e. The van der Waals surface area contributed by atoms with Crippen LogP contribution in [0.1, 0.15) is 46.6 Å². The number of aryl methyl sites for hydroxylation is 2. The Morgan fingerprint density at radius 2 is 2.04 bits per heavy atom. The van der Waals surface area contributed by atoms with Crippen LogP contribution >= 0.6 is 0 Å². The SMILES string of the molecule is Cc1ccc(NC(=O)c2n[nH]c3c2CCCC3)cc1N1CCCS1(=O)=O. The lowest BCUT2D eigenvalue weighted by Crippen LogP contribution is -2.26. The number of benzene rings is 1. The number of nitrogens with one attached hydrogen (secondary N) is 2. The molecule has 0 radical (unpaired) electrons. The summed E-state index contributed by atoms with van der Waals surface area (Å²) in [5.41, 5.74) is 4.56. The highest BCUT2D eigenvalue weighted by molar-refractivity contribution is 7.93. The Hall–Kier alpha value is -2.35. The molecule has 26 heavy (non-hydrogen) atoms. The lowest BCUT2D eigenvalue weighted by Gasteiger charge is -2.20. The van der Waals surface area contributed by atoms with E-state index in [1.54, 1.807) is 12.1 Å². The summed E-state index contributed by atoms with van der Waals surface area (Å²) in [4.78, 5) is 12.7. The van der Waals surface area contributed by atoms with Crippen molar-refractivity contribution in [1.29, 1.82) is 0 Å². The van der Waals surface area contributed by atoms with Crippen LogP contribution in [0.5, 0.6) is 0 Å². The molecule has 1 aromatic carbocycles. The Morgan fingerprint density at radius 1 is 1.23 bits per heavy atom. The number of H-pyrrole nitrogens is 1. The van der Waals surface area contributed by atoms with E-state index in [0.717, 1.165) is 42.5 Å². The first kappa shape index (κ1) is 17.1. The molecule has 1 aliphatic heterocycles. The molecule has 2 aliphatic rings. The summed E-state index contributed by atoms with van der Waals surface area (Å²) >= 11 is 0. The maximum atomic E-state index is 12.7. The van der Waals surface area contributed by atoms with Crippen molar-refractivity contribution in [2.45, 2.75) is 39.0 Å². The number of anilines is 2. The van der Waals surface area contributed by atoms with Gasteiger partial charge in [-0.2, -0.15) is 5.10 Å². The van der Waals surface area contributed by atoms with Gasteiger partial charge in [-0.3, -0.25) is 14.2 Å². The first-order chi connectivity index (χ1) is 12.5. The minimum atomic E-state index is -3.26. The lowest BCUT2D eigenvalue weighted by atomic mass is 9.96. The summed E-state index contributed by atoms with van der Waals surface area (Å²) in [7, 11) is -3.26. The van der Waals surface area contributed by atoms with Crippen molar-refractivity contribution in [3.05, 3.63) is 40.7 Å². The molecule has 7 nitrogen and oxygen atoms in total. The van der Waals surface area contributed by atoms with E-state index in [1.807, 2.05) is 13.0 Å². The van der Waals surface area contributed by atoms with Gasteiger partial charge in [0.2, 0.25) is 10.0 Å². The van der Waals surface area contributed by atoms with Gasteiger partial charge in [0.05, 0.1) is 11.4 Å². The van der Waals surface area contributed by atoms with Gasteiger partial charge < -0.3 is 5.32 Å². The fraction of sp³-hybridized carbons (Fsp3) is 0.444. The standard InChI is InChI=1S/C18H22N4O3S/c1-12-7-8-13(11-16(12)22-9-4-10-26(22,24)25)19-18(23)17-14-5-2-3-6-15(14)20-21-17/h7-8,11H,2-6,9-10H2,1H3,(H,19,23)(H,20,21). The molecule has 0 saturated carbocycles. The zero-order valence-electron chi connectivity index (χ0n) is 14.7. The highest BCUT2D eigenvalue weighted by atomic mass is 32.2. The average molecular weight is 374 g/mol. The smallest absolute Gasteiger partial charge is 0.276 e. The van der Waals surface area contributed by atoms with Crippen molar-refractivity contribution in [3.63, 3.8) is 0 Å². The zero-order valence-corrected chi connectivity index (χ0v) is 15.5. The number of amides is 1. The van der Waals surface area contributed by atoms with Crippen LogP contribution in [0.3, 0.4) is 0 Å². The van der Waals surface area contributed by atoms with Crippen molar-refractivity contribution < 1.29 is 13.2 Å². The van der Waals surface area contributed by atoms with Gasteiger partial charge in [-0.05, 0) is 56.7 Å². The number of nitrogens with zero attached hydrogens (tertiary/aromatic N) is 2.